The summed E-state index contributed by atoms with van der Waals surface area (Å²) in [5.74, 6) is -0.449. The van der Waals surface area contributed by atoms with Crippen LogP contribution >= 0.6 is 11.6 Å². The minimum Gasteiger partial charge on any atom is -0.297 e. The van der Waals surface area contributed by atoms with Crippen molar-refractivity contribution < 1.29 is 8.78 Å². The first-order valence-corrected chi connectivity index (χ1v) is 8.11. The van der Waals surface area contributed by atoms with Crippen molar-refractivity contribution in [1.82, 2.24) is 9.80 Å². The van der Waals surface area contributed by atoms with Crippen molar-refractivity contribution in [3.05, 3.63) is 70.2 Å². The molecule has 0 amide bonds. The number of halogens is 3. The highest BCUT2D eigenvalue weighted by atomic mass is 35.5. The first-order valence-electron chi connectivity index (χ1n) is 7.74. The van der Waals surface area contributed by atoms with Gasteiger partial charge in [-0.1, -0.05) is 29.8 Å². The first kappa shape index (κ1) is 16.4. The molecule has 0 N–H and O–H groups in total. The zero-order valence-corrected chi connectivity index (χ0v) is 13.6. The third kappa shape index (κ3) is 4.28. The molecule has 0 atom stereocenters. The monoisotopic (exact) mass is 336 g/mol. The average molecular weight is 337 g/mol. The SMILES string of the molecule is Fc1cccc(CN2CCN(Cc3c(F)cccc3Cl)CC2)c1. The molecule has 1 fully saturated rings. The second-order valence-corrected chi connectivity index (χ2v) is 6.29. The van der Waals surface area contributed by atoms with Crippen molar-refractivity contribution in [3.63, 3.8) is 0 Å². The normalized spacial score (nSPS) is 16.7. The molecule has 23 heavy (non-hydrogen) atoms. The van der Waals surface area contributed by atoms with Crippen LogP contribution in [0.4, 0.5) is 8.78 Å². The number of piperazine rings is 1. The van der Waals surface area contributed by atoms with E-state index in [2.05, 4.69) is 9.80 Å². The van der Waals surface area contributed by atoms with Crippen LogP contribution in [0.1, 0.15) is 11.1 Å². The van der Waals surface area contributed by atoms with E-state index in [9.17, 15) is 8.78 Å². The van der Waals surface area contributed by atoms with E-state index >= 15 is 0 Å². The second-order valence-electron chi connectivity index (χ2n) is 5.88. The maximum Gasteiger partial charge on any atom is 0.129 e. The molecule has 5 heteroatoms. The summed E-state index contributed by atoms with van der Waals surface area (Å²) in [5, 5.41) is 0.479. The molecule has 2 aromatic carbocycles. The Hall–Kier alpha value is -1.49. The van der Waals surface area contributed by atoms with E-state index in [1.807, 2.05) is 6.07 Å². The van der Waals surface area contributed by atoms with Crippen molar-refractivity contribution in [1.29, 1.82) is 0 Å². The van der Waals surface area contributed by atoms with E-state index < -0.39 is 0 Å². The molecule has 0 spiro atoms. The fourth-order valence-corrected chi connectivity index (χ4v) is 3.13. The van der Waals surface area contributed by atoms with Crippen molar-refractivity contribution in [2.75, 3.05) is 26.2 Å². The van der Waals surface area contributed by atoms with E-state index in [1.165, 1.54) is 12.1 Å². The summed E-state index contributed by atoms with van der Waals surface area (Å²) in [7, 11) is 0. The van der Waals surface area contributed by atoms with E-state index in [1.54, 1.807) is 24.3 Å². The summed E-state index contributed by atoms with van der Waals surface area (Å²) in [4.78, 5) is 4.49. The van der Waals surface area contributed by atoms with Gasteiger partial charge >= 0.3 is 0 Å². The molecule has 0 bridgehead atoms. The molecule has 0 radical (unpaired) electrons. The average Bonchev–Trinajstić information content (AvgIpc) is 2.53. The van der Waals surface area contributed by atoms with Crippen LogP contribution in [0.2, 0.25) is 5.02 Å². The highest BCUT2D eigenvalue weighted by Crippen LogP contribution is 2.21. The van der Waals surface area contributed by atoms with E-state index in [-0.39, 0.29) is 11.6 Å². The van der Waals surface area contributed by atoms with E-state index in [0.29, 0.717) is 17.1 Å². The minimum absolute atomic E-state index is 0.199. The van der Waals surface area contributed by atoms with Crippen LogP contribution in [0, 0.1) is 11.6 Å². The molecule has 2 nitrogen and oxygen atoms in total. The molecule has 1 aliphatic heterocycles. The fourth-order valence-electron chi connectivity index (χ4n) is 2.91. The summed E-state index contributed by atoms with van der Waals surface area (Å²) >= 11 is 6.09. The Kier molecular flexibility index (Phi) is 5.26. The van der Waals surface area contributed by atoms with Gasteiger partial charge in [-0.05, 0) is 29.8 Å². The molecule has 0 aliphatic carbocycles. The van der Waals surface area contributed by atoms with Gasteiger partial charge in [0.15, 0.2) is 0 Å². The fraction of sp³-hybridized carbons (Fsp3) is 0.333. The molecule has 1 heterocycles. The standard InChI is InChI=1S/C18H19ClF2N2/c19-17-5-2-6-18(21)16(17)13-23-9-7-22(8-10-23)12-14-3-1-4-15(20)11-14/h1-6,11H,7-10,12-13H2. The molecule has 122 valence electrons. The van der Waals surface area contributed by atoms with Crippen LogP contribution in [-0.2, 0) is 13.1 Å². The summed E-state index contributed by atoms with van der Waals surface area (Å²) in [6, 6.07) is 11.5. The lowest BCUT2D eigenvalue weighted by atomic mass is 10.1. The Morgan fingerprint density at radius 3 is 2.17 bits per heavy atom. The predicted molar refractivity (Wildman–Crippen MR) is 88.4 cm³/mol. The molecule has 1 aliphatic rings. The molecule has 3 rings (SSSR count). The van der Waals surface area contributed by atoms with Crippen molar-refractivity contribution in [3.8, 4) is 0 Å². The van der Waals surface area contributed by atoms with Crippen LogP contribution in [0.5, 0.6) is 0 Å². The van der Waals surface area contributed by atoms with Gasteiger partial charge in [-0.3, -0.25) is 9.80 Å². The summed E-state index contributed by atoms with van der Waals surface area (Å²) in [6.07, 6.45) is 0. The highest BCUT2D eigenvalue weighted by molar-refractivity contribution is 6.31. The van der Waals surface area contributed by atoms with Crippen LogP contribution < -0.4 is 0 Å². The summed E-state index contributed by atoms with van der Waals surface area (Å²) < 4.78 is 27.1. The molecule has 1 saturated heterocycles. The Morgan fingerprint density at radius 2 is 1.52 bits per heavy atom. The van der Waals surface area contributed by atoms with E-state index in [0.717, 1.165) is 38.3 Å². The van der Waals surface area contributed by atoms with E-state index in [4.69, 9.17) is 11.6 Å². The predicted octanol–water partition coefficient (Wildman–Crippen LogP) is 3.94. The number of hydrogen-bond donors (Lipinski definition) is 0. The Morgan fingerprint density at radius 1 is 0.870 bits per heavy atom. The number of nitrogens with zero attached hydrogens (tertiary/aromatic N) is 2. The molecule has 0 aromatic heterocycles. The van der Waals surface area contributed by atoms with Gasteiger partial charge in [0.25, 0.3) is 0 Å². The van der Waals surface area contributed by atoms with Crippen LogP contribution in [0.15, 0.2) is 42.5 Å². The summed E-state index contributed by atoms with van der Waals surface area (Å²) in [5.41, 5.74) is 1.54. The maximum absolute atomic E-state index is 13.9. The molecular weight excluding hydrogens is 318 g/mol. The van der Waals surface area contributed by atoms with Gasteiger partial charge in [-0.25, -0.2) is 8.78 Å². The Bertz CT molecular complexity index is 650. The number of rotatable bonds is 4. The second kappa shape index (κ2) is 7.39. The lowest BCUT2D eigenvalue weighted by molar-refractivity contribution is 0.121. The van der Waals surface area contributed by atoms with Gasteiger partial charge in [0.05, 0.1) is 0 Å². The zero-order chi connectivity index (χ0) is 16.2. The number of hydrogen-bond acceptors (Lipinski definition) is 2. The molecule has 0 unspecified atom stereocenters. The maximum atomic E-state index is 13.9. The van der Waals surface area contributed by atoms with Gasteiger partial charge in [0, 0.05) is 49.9 Å². The third-order valence-corrected chi connectivity index (χ3v) is 4.56. The van der Waals surface area contributed by atoms with Gasteiger partial charge in [0.1, 0.15) is 11.6 Å². The zero-order valence-electron chi connectivity index (χ0n) is 12.8. The van der Waals surface area contributed by atoms with Crippen molar-refractivity contribution >= 4 is 11.6 Å². The van der Waals surface area contributed by atoms with Crippen molar-refractivity contribution in [2.24, 2.45) is 0 Å². The van der Waals surface area contributed by atoms with Gasteiger partial charge in [-0.2, -0.15) is 0 Å². The van der Waals surface area contributed by atoms with Crippen molar-refractivity contribution in [2.45, 2.75) is 13.1 Å². The smallest absolute Gasteiger partial charge is 0.129 e. The molecule has 2 aromatic rings. The summed E-state index contributed by atoms with van der Waals surface area (Å²) in [6.45, 7) is 4.72. The lowest BCUT2D eigenvalue weighted by Crippen LogP contribution is -2.45. The van der Waals surface area contributed by atoms with Gasteiger partial charge in [-0.15, -0.1) is 0 Å². The highest BCUT2D eigenvalue weighted by Gasteiger charge is 2.19. The number of benzene rings is 2. The lowest BCUT2D eigenvalue weighted by Gasteiger charge is -2.35. The third-order valence-electron chi connectivity index (χ3n) is 4.20. The van der Waals surface area contributed by atoms with Crippen LogP contribution in [0.25, 0.3) is 0 Å². The molecular formula is C18H19ClF2N2. The minimum atomic E-state index is -0.250. The largest absolute Gasteiger partial charge is 0.297 e. The van der Waals surface area contributed by atoms with Crippen LogP contribution in [-0.4, -0.2) is 36.0 Å². The first-order chi connectivity index (χ1) is 11.1. The quantitative estimate of drug-likeness (QED) is 0.834. The van der Waals surface area contributed by atoms with Gasteiger partial charge < -0.3 is 0 Å². The topological polar surface area (TPSA) is 6.48 Å². The Balaban J connectivity index is 1.54. The van der Waals surface area contributed by atoms with Crippen LogP contribution in [0.3, 0.4) is 0 Å². The Labute approximate surface area is 140 Å². The van der Waals surface area contributed by atoms with Gasteiger partial charge in [0.2, 0.25) is 0 Å². The molecule has 0 saturated carbocycles.